The molecular formula is C14H19N3O. The fraction of sp³-hybridized carbons (Fsp3) is 0.357. The monoisotopic (exact) mass is 245 g/mol. The van der Waals surface area contributed by atoms with Crippen molar-refractivity contribution >= 4 is 0 Å². The lowest BCUT2D eigenvalue weighted by Crippen LogP contribution is -2.30. The van der Waals surface area contributed by atoms with Gasteiger partial charge in [0.05, 0.1) is 24.5 Å². The first-order valence-corrected chi connectivity index (χ1v) is 5.91. The van der Waals surface area contributed by atoms with Gasteiger partial charge in [0.25, 0.3) is 0 Å². The topological polar surface area (TPSA) is 63.9 Å². The van der Waals surface area contributed by atoms with E-state index in [2.05, 4.69) is 16.0 Å². The van der Waals surface area contributed by atoms with Crippen LogP contribution in [-0.2, 0) is 5.54 Å². The summed E-state index contributed by atoms with van der Waals surface area (Å²) in [4.78, 5) is 7.58. The van der Waals surface area contributed by atoms with Crippen LogP contribution in [0.15, 0.2) is 24.4 Å². The molecule has 0 saturated carbocycles. The summed E-state index contributed by atoms with van der Waals surface area (Å²) < 4.78 is 5.25. The fourth-order valence-electron chi connectivity index (χ4n) is 1.84. The van der Waals surface area contributed by atoms with Gasteiger partial charge in [0.2, 0.25) is 0 Å². The van der Waals surface area contributed by atoms with Gasteiger partial charge in [-0.15, -0.1) is 0 Å². The number of aromatic amines is 1. The van der Waals surface area contributed by atoms with Crippen LogP contribution in [-0.4, -0.2) is 17.1 Å². The molecule has 0 spiro atoms. The summed E-state index contributed by atoms with van der Waals surface area (Å²) in [5, 5.41) is 0. The Hall–Kier alpha value is -1.81. The standard InChI is InChI=1S/C14H19N3O/c1-9-7-10(5-6-12(9)18-4)11-8-16-13(17-11)14(2,3)15/h5-8H,15H2,1-4H3,(H,16,17). The number of imidazole rings is 1. The van der Waals surface area contributed by atoms with Crippen molar-refractivity contribution in [2.24, 2.45) is 5.73 Å². The van der Waals surface area contributed by atoms with Crippen LogP contribution in [0.25, 0.3) is 11.3 Å². The molecule has 0 aliphatic heterocycles. The molecule has 0 fully saturated rings. The molecule has 3 N–H and O–H groups in total. The molecule has 0 amide bonds. The van der Waals surface area contributed by atoms with Gasteiger partial charge in [0, 0.05) is 5.56 Å². The Morgan fingerprint density at radius 2 is 2.06 bits per heavy atom. The minimum Gasteiger partial charge on any atom is -0.496 e. The van der Waals surface area contributed by atoms with Crippen molar-refractivity contribution in [1.29, 1.82) is 0 Å². The van der Waals surface area contributed by atoms with Gasteiger partial charge in [0.1, 0.15) is 11.6 Å². The summed E-state index contributed by atoms with van der Waals surface area (Å²) in [6.45, 7) is 5.87. The average Bonchev–Trinajstić information content (AvgIpc) is 2.77. The molecule has 18 heavy (non-hydrogen) atoms. The maximum atomic E-state index is 6.01. The van der Waals surface area contributed by atoms with Crippen molar-refractivity contribution in [3.63, 3.8) is 0 Å². The minimum atomic E-state index is -0.459. The molecule has 0 aliphatic rings. The van der Waals surface area contributed by atoms with Crippen LogP contribution >= 0.6 is 0 Å². The van der Waals surface area contributed by atoms with E-state index in [1.165, 1.54) is 0 Å². The molecule has 2 aromatic rings. The second kappa shape index (κ2) is 4.46. The highest BCUT2D eigenvalue weighted by Gasteiger charge is 2.18. The highest BCUT2D eigenvalue weighted by Crippen LogP contribution is 2.26. The number of aryl methyl sites for hydroxylation is 1. The summed E-state index contributed by atoms with van der Waals surface area (Å²) in [5.41, 5.74) is 8.69. The number of nitrogens with one attached hydrogen (secondary N) is 1. The average molecular weight is 245 g/mol. The molecule has 1 aromatic heterocycles. The summed E-state index contributed by atoms with van der Waals surface area (Å²) in [7, 11) is 1.67. The zero-order chi connectivity index (χ0) is 13.3. The lowest BCUT2D eigenvalue weighted by molar-refractivity contribution is 0.412. The van der Waals surface area contributed by atoms with Crippen LogP contribution in [0.1, 0.15) is 25.2 Å². The first-order chi connectivity index (χ1) is 8.41. The first-order valence-electron chi connectivity index (χ1n) is 5.91. The molecule has 4 heteroatoms. The minimum absolute atomic E-state index is 0.459. The van der Waals surface area contributed by atoms with Crippen molar-refractivity contribution in [1.82, 2.24) is 9.97 Å². The van der Waals surface area contributed by atoms with E-state index in [0.29, 0.717) is 0 Å². The molecule has 4 nitrogen and oxygen atoms in total. The molecule has 1 aromatic carbocycles. The van der Waals surface area contributed by atoms with E-state index >= 15 is 0 Å². The number of methoxy groups -OCH3 is 1. The van der Waals surface area contributed by atoms with E-state index in [4.69, 9.17) is 10.5 Å². The number of nitrogens with zero attached hydrogens (tertiary/aromatic N) is 1. The van der Waals surface area contributed by atoms with Crippen LogP contribution in [0.5, 0.6) is 5.75 Å². The molecule has 96 valence electrons. The van der Waals surface area contributed by atoms with Crippen molar-refractivity contribution in [2.75, 3.05) is 7.11 Å². The smallest absolute Gasteiger partial charge is 0.126 e. The Balaban J connectivity index is 2.38. The van der Waals surface area contributed by atoms with E-state index < -0.39 is 5.54 Å². The van der Waals surface area contributed by atoms with Gasteiger partial charge in [-0.3, -0.25) is 0 Å². The quantitative estimate of drug-likeness (QED) is 0.873. The maximum Gasteiger partial charge on any atom is 0.126 e. The molecular weight excluding hydrogens is 226 g/mol. The third-order valence-electron chi connectivity index (χ3n) is 2.89. The second-order valence-corrected chi connectivity index (χ2v) is 5.05. The summed E-state index contributed by atoms with van der Waals surface area (Å²) in [6.07, 6.45) is 1.81. The van der Waals surface area contributed by atoms with Gasteiger partial charge in [-0.1, -0.05) is 0 Å². The number of H-pyrrole nitrogens is 1. The SMILES string of the molecule is COc1ccc(-c2cnc(C(C)(C)N)[nH]2)cc1C. The van der Waals surface area contributed by atoms with E-state index in [9.17, 15) is 0 Å². The molecule has 0 atom stereocenters. The van der Waals surface area contributed by atoms with Gasteiger partial charge < -0.3 is 15.5 Å². The number of ether oxygens (including phenoxy) is 1. The lowest BCUT2D eigenvalue weighted by Gasteiger charge is -2.14. The van der Waals surface area contributed by atoms with Gasteiger partial charge >= 0.3 is 0 Å². The molecule has 0 aliphatic carbocycles. The number of benzene rings is 1. The zero-order valence-corrected chi connectivity index (χ0v) is 11.2. The number of hydrogen-bond acceptors (Lipinski definition) is 3. The van der Waals surface area contributed by atoms with E-state index in [0.717, 1.165) is 28.4 Å². The summed E-state index contributed by atoms with van der Waals surface area (Å²) >= 11 is 0. The van der Waals surface area contributed by atoms with Crippen molar-refractivity contribution in [2.45, 2.75) is 26.3 Å². The number of hydrogen-bond donors (Lipinski definition) is 2. The summed E-state index contributed by atoms with van der Waals surface area (Å²) in [5.74, 6) is 1.67. The van der Waals surface area contributed by atoms with Crippen LogP contribution in [0.4, 0.5) is 0 Å². The highest BCUT2D eigenvalue weighted by atomic mass is 16.5. The predicted molar refractivity (Wildman–Crippen MR) is 72.5 cm³/mol. The highest BCUT2D eigenvalue weighted by molar-refractivity contribution is 5.61. The third kappa shape index (κ3) is 2.38. The molecule has 0 radical (unpaired) electrons. The van der Waals surface area contributed by atoms with Crippen molar-refractivity contribution in [3.8, 4) is 17.0 Å². The molecule has 1 heterocycles. The van der Waals surface area contributed by atoms with Crippen molar-refractivity contribution < 1.29 is 4.74 Å². The summed E-state index contributed by atoms with van der Waals surface area (Å²) in [6, 6.07) is 6.03. The van der Waals surface area contributed by atoms with Gasteiger partial charge in [0.15, 0.2) is 0 Å². The maximum absolute atomic E-state index is 6.01. The second-order valence-electron chi connectivity index (χ2n) is 5.05. The van der Waals surface area contributed by atoms with Gasteiger partial charge in [-0.25, -0.2) is 4.98 Å². The molecule has 2 rings (SSSR count). The van der Waals surface area contributed by atoms with E-state index in [1.807, 2.05) is 39.1 Å². The molecule has 0 unspecified atom stereocenters. The Kier molecular flexibility index (Phi) is 3.13. The van der Waals surface area contributed by atoms with Crippen LogP contribution in [0.2, 0.25) is 0 Å². The Labute approximate surface area is 107 Å². The van der Waals surface area contributed by atoms with Gasteiger partial charge in [-0.05, 0) is 44.5 Å². The third-order valence-corrected chi connectivity index (χ3v) is 2.89. The van der Waals surface area contributed by atoms with Gasteiger partial charge in [-0.2, -0.15) is 0 Å². The van der Waals surface area contributed by atoms with Crippen LogP contribution < -0.4 is 10.5 Å². The number of aromatic nitrogens is 2. The molecule has 0 bridgehead atoms. The van der Waals surface area contributed by atoms with E-state index in [1.54, 1.807) is 7.11 Å². The predicted octanol–water partition coefficient (Wildman–Crippen LogP) is 2.59. The Morgan fingerprint density at radius 3 is 2.56 bits per heavy atom. The van der Waals surface area contributed by atoms with Crippen LogP contribution in [0, 0.1) is 6.92 Å². The fourth-order valence-corrected chi connectivity index (χ4v) is 1.84. The van der Waals surface area contributed by atoms with E-state index in [-0.39, 0.29) is 0 Å². The first kappa shape index (κ1) is 12.6. The van der Waals surface area contributed by atoms with Crippen molar-refractivity contribution in [3.05, 3.63) is 35.8 Å². The lowest BCUT2D eigenvalue weighted by atomic mass is 10.1. The number of rotatable bonds is 3. The Morgan fingerprint density at radius 1 is 1.33 bits per heavy atom. The number of nitrogens with two attached hydrogens (primary N) is 1. The zero-order valence-electron chi connectivity index (χ0n) is 11.2. The van der Waals surface area contributed by atoms with Crippen LogP contribution in [0.3, 0.4) is 0 Å². The normalized spacial score (nSPS) is 11.6. The largest absolute Gasteiger partial charge is 0.496 e. The molecule has 0 saturated heterocycles. The Bertz CT molecular complexity index is 552.